The number of amides is 2. The second kappa shape index (κ2) is 8.46. The Hall–Kier alpha value is -2.91. The Balaban J connectivity index is 1.60. The Morgan fingerprint density at radius 1 is 1.18 bits per heavy atom. The number of anilines is 1. The summed E-state index contributed by atoms with van der Waals surface area (Å²) in [6.45, 7) is 4.74. The highest BCUT2D eigenvalue weighted by Gasteiger charge is 2.68. The van der Waals surface area contributed by atoms with Crippen LogP contribution in [0.25, 0.3) is 0 Å². The molecule has 2 saturated heterocycles. The normalized spacial score (nSPS) is 28.2. The number of thiophene rings is 1. The van der Waals surface area contributed by atoms with Crippen LogP contribution in [0.5, 0.6) is 11.5 Å². The van der Waals surface area contributed by atoms with Gasteiger partial charge in [-0.05, 0) is 36.9 Å². The standard InChI is InChI=1S/C24H26N2O6S/c1-3-9-24(23(29)30-4-2)19-18(20(25-24)17-6-5-12-33-17)21(27)26(22(19)28)14-7-8-15-16(13-14)32-11-10-31-15/h5-8,12-13,18-20,25H,3-4,9-11H2,1-2H3/t18-,19+,20+,24-/m0/s1. The molecule has 1 N–H and O–H groups in total. The summed E-state index contributed by atoms with van der Waals surface area (Å²) in [5.41, 5.74) is -0.845. The smallest absolute Gasteiger partial charge is 0.327 e. The van der Waals surface area contributed by atoms with Crippen LogP contribution < -0.4 is 19.7 Å². The molecule has 2 amide bonds. The molecule has 3 aliphatic heterocycles. The third kappa shape index (κ3) is 3.33. The summed E-state index contributed by atoms with van der Waals surface area (Å²) in [7, 11) is 0. The molecule has 3 aliphatic rings. The van der Waals surface area contributed by atoms with Crippen LogP contribution in [0.15, 0.2) is 35.7 Å². The first-order valence-corrected chi connectivity index (χ1v) is 12.2. The van der Waals surface area contributed by atoms with Crippen molar-refractivity contribution in [3.8, 4) is 11.5 Å². The fraction of sp³-hybridized carbons (Fsp3) is 0.458. The van der Waals surface area contributed by atoms with E-state index in [0.717, 1.165) is 4.88 Å². The largest absolute Gasteiger partial charge is 0.486 e. The quantitative estimate of drug-likeness (QED) is 0.512. The maximum atomic E-state index is 13.9. The first-order valence-electron chi connectivity index (χ1n) is 11.3. The lowest BCUT2D eigenvalue weighted by Gasteiger charge is -2.32. The second-order valence-corrected chi connectivity index (χ2v) is 9.40. The van der Waals surface area contributed by atoms with Gasteiger partial charge < -0.3 is 14.2 Å². The number of hydrogen-bond acceptors (Lipinski definition) is 8. The second-order valence-electron chi connectivity index (χ2n) is 8.42. The fourth-order valence-electron chi connectivity index (χ4n) is 5.31. The highest BCUT2D eigenvalue weighted by atomic mass is 32.1. The first kappa shape index (κ1) is 21.9. The number of imide groups is 1. The van der Waals surface area contributed by atoms with Gasteiger partial charge in [0.15, 0.2) is 11.5 Å². The molecule has 0 aliphatic carbocycles. The van der Waals surface area contributed by atoms with Crippen molar-refractivity contribution in [2.75, 3.05) is 24.7 Å². The summed E-state index contributed by atoms with van der Waals surface area (Å²) in [5, 5.41) is 5.33. The van der Waals surface area contributed by atoms with E-state index in [1.54, 1.807) is 25.1 Å². The minimum Gasteiger partial charge on any atom is -0.486 e. The van der Waals surface area contributed by atoms with E-state index in [1.807, 2.05) is 24.4 Å². The van der Waals surface area contributed by atoms with Gasteiger partial charge in [-0.2, -0.15) is 0 Å². The summed E-state index contributed by atoms with van der Waals surface area (Å²) in [4.78, 5) is 43.1. The predicted octanol–water partition coefficient (Wildman–Crippen LogP) is 3.07. The molecule has 0 spiro atoms. The van der Waals surface area contributed by atoms with E-state index in [-0.39, 0.29) is 12.5 Å². The van der Waals surface area contributed by atoms with Crippen molar-refractivity contribution in [3.05, 3.63) is 40.6 Å². The Labute approximate surface area is 195 Å². The van der Waals surface area contributed by atoms with Gasteiger partial charge in [-0.15, -0.1) is 11.3 Å². The van der Waals surface area contributed by atoms with Gasteiger partial charge in [0.25, 0.3) is 0 Å². The number of fused-ring (bicyclic) bond motifs is 2. The van der Waals surface area contributed by atoms with E-state index in [0.29, 0.717) is 43.2 Å². The zero-order valence-corrected chi connectivity index (χ0v) is 19.4. The van der Waals surface area contributed by atoms with Crippen LogP contribution in [0.3, 0.4) is 0 Å². The number of nitrogens with zero attached hydrogens (tertiary/aromatic N) is 1. The highest BCUT2D eigenvalue weighted by molar-refractivity contribution is 7.10. The number of hydrogen-bond donors (Lipinski definition) is 1. The van der Waals surface area contributed by atoms with Crippen LogP contribution >= 0.6 is 11.3 Å². The number of benzene rings is 1. The molecule has 0 bridgehead atoms. The SMILES string of the molecule is CCC[C@]1(C(=O)OCC)N[C@H](c2cccs2)[C@H]2C(=O)N(c3ccc4c(c3)OCCO4)C(=O)[C@@H]21. The lowest BCUT2D eigenvalue weighted by Crippen LogP contribution is -2.56. The van der Waals surface area contributed by atoms with Crippen molar-refractivity contribution in [2.24, 2.45) is 11.8 Å². The minimum absolute atomic E-state index is 0.195. The lowest BCUT2D eigenvalue weighted by molar-refractivity contribution is -0.155. The van der Waals surface area contributed by atoms with Gasteiger partial charge in [0.2, 0.25) is 11.8 Å². The van der Waals surface area contributed by atoms with E-state index < -0.39 is 35.3 Å². The molecule has 0 saturated carbocycles. The van der Waals surface area contributed by atoms with Gasteiger partial charge in [-0.3, -0.25) is 19.7 Å². The van der Waals surface area contributed by atoms with Crippen LogP contribution in [-0.4, -0.2) is 43.1 Å². The molecule has 8 nitrogen and oxygen atoms in total. The van der Waals surface area contributed by atoms with Crippen molar-refractivity contribution in [1.29, 1.82) is 0 Å². The Morgan fingerprint density at radius 2 is 1.97 bits per heavy atom. The first-order chi connectivity index (χ1) is 16.0. The highest BCUT2D eigenvalue weighted by Crippen LogP contribution is 2.52. The third-order valence-electron chi connectivity index (χ3n) is 6.57. The minimum atomic E-state index is -1.26. The summed E-state index contributed by atoms with van der Waals surface area (Å²) in [5.74, 6) is -1.69. The summed E-state index contributed by atoms with van der Waals surface area (Å²) in [6, 6.07) is 8.43. The Kier molecular flexibility index (Phi) is 5.62. The molecule has 4 heterocycles. The van der Waals surface area contributed by atoms with E-state index in [2.05, 4.69) is 5.32 Å². The molecule has 1 aromatic heterocycles. The van der Waals surface area contributed by atoms with Gasteiger partial charge >= 0.3 is 5.97 Å². The molecule has 33 heavy (non-hydrogen) atoms. The predicted molar refractivity (Wildman–Crippen MR) is 121 cm³/mol. The molecule has 1 aromatic carbocycles. The van der Waals surface area contributed by atoms with E-state index in [4.69, 9.17) is 14.2 Å². The number of esters is 1. The molecule has 5 rings (SSSR count). The topological polar surface area (TPSA) is 94.2 Å². The molecule has 174 valence electrons. The van der Waals surface area contributed by atoms with Gasteiger partial charge in [-0.25, -0.2) is 4.90 Å². The molecular formula is C24H26N2O6S. The molecule has 0 unspecified atom stereocenters. The van der Waals surface area contributed by atoms with Crippen LogP contribution in [-0.2, 0) is 19.1 Å². The molecular weight excluding hydrogens is 444 g/mol. The summed E-state index contributed by atoms with van der Waals surface area (Å²) < 4.78 is 16.7. The van der Waals surface area contributed by atoms with Crippen LogP contribution in [0.1, 0.15) is 37.6 Å². The fourth-order valence-corrected chi connectivity index (χ4v) is 6.14. The van der Waals surface area contributed by atoms with Crippen molar-refractivity contribution < 1.29 is 28.6 Å². The lowest BCUT2D eigenvalue weighted by atomic mass is 9.77. The van der Waals surface area contributed by atoms with Gasteiger partial charge in [0, 0.05) is 10.9 Å². The van der Waals surface area contributed by atoms with E-state index in [9.17, 15) is 14.4 Å². The number of ether oxygens (including phenoxy) is 3. The Bertz CT molecular complexity index is 1090. The van der Waals surface area contributed by atoms with E-state index in [1.165, 1.54) is 16.2 Å². The number of carbonyl (C=O) groups is 3. The molecule has 2 fully saturated rings. The van der Waals surface area contributed by atoms with Crippen molar-refractivity contribution >= 4 is 34.8 Å². The van der Waals surface area contributed by atoms with Crippen molar-refractivity contribution in [1.82, 2.24) is 5.32 Å². The molecule has 2 aromatic rings. The monoisotopic (exact) mass is 470 g/mol. The van der Waals surface area contributed by atoms with Gasteiger partial charge in [0.05, 0.1) is 30.2 Å². The van der Waals surface area contributed by atoms with Gasteiger partial charge in [0.1, 0.15) is 18.8 Å². The van der Waals surface area contributed by atoms with Crippen molar-refractivity contribution in [3.63, 3.8) is 0 Å². The maximum absolute atomic E-state index is 13.9. The number of nitrogens with one attached hydrogen (secondary N) is 1. The summed E-state index contributed by atoms with van der Waals surface area (Å²) in [6.07, 6.45) is 1.04. The zero-order valence-electron chi connectivity index (χ0n) is 18.5. The Morgan fingerprint density at radius 3 is 2.67 bits per heavy atom. The van der Waals surface area contributed by atoms with Crippen LogP contribution in [0.2, 0.25) is 0 Å². The van der Waals surface area contributed by atoms with Crippen LogP contribution in [0, 0.1) is 11.8 Å². The summed E-state index contributed by atoms with van der Waals surface area (Å²) >= 11 is 1.50. The average molecular weight is 471 g/mol. The number of rotatable bonds is 6. The van der Waals surface area contributed by atoms with E-state index >= 15 is 0 Å². The molecule has 4 atom stereocenters. The average Bonchev–Trinajstić information content (AvgIpc) is 3.51. The number of carbonyl (C=O) groups excluding carboxylic acids is 3. The van der Waals surface area contributed by atoms with Crippen LogP contribution in [0.4, 0.5) is 5.69 Å². The molecule has 9 heteroatoms. The molecule has 0 radical (unpaired) electrons. The maximum Gasteiger partial charge on any atom is 0.327 e. The third-order valence-corrected chi connectivity index (χ3v) is 7.53. The zero-order chi connectivity index (χ0) is 23.2. The van der Waals surface area contributed by atoms with Gasteiger partial charge in [-0.1, -0.05) is 19.4 Å². The van der Waals surface area contributed by atoms with Crippen molar-refractivity contribution in [2.45, 2.75) is 38.3 Å².